The molecule has 3 heterocycles. The molecular formula is C25H22F3N5O2. The van der Waals surface area contributed by atoms with E-state index in [0.29, 0.717) is 30.3 Å². The van der Waals surface area contributed by atoms with Crippen LogP contribution in [0.4, 0.5) is 13.2 Å². The van der Waals surface area contributed by atoms with Gasteiger partial charge in [0.1, 0.15) is 23.2 Å². The zero-order chi connectivity index (χ0) is 24.6. The van der Waals surface area contributed by atoms with Crippen LogP contribution in [-0.2, 0) is 16.9 Å². The van der Waals surface area contributed by atoms with E-state index in [-0.39, 0.29) is 12.4 Å². The van der Waals surface area contributed by atoms with Gasteiger partial charge in [-0.05, 0) is 36.8 Å². The number of hydrogen-bond donors (Lipinski definition) is 0. The molecule has 1 aliphatic heterocycles. The first-order valence-electron chi connectivity index (χ1n) is 10.9. The van der Waals surface area contributed by atoms with Crippen LogP contribution in [0.3, 0.4) is 0 Å². The molecule has 1 aromatic carbocycles. The number of aromatic nitrogens is 5. The van der Waals surface area contributed by atoms with Gasteiger partial charge in [0.15, 0.2) is 17.2 Å². The Bertz CT molecular complexity index is 1400. The van der Waals surface area contributed by atoms with Crippen LogP contribution in [0.15, 0.2) is 66.4 Å². The molecule has 0 bridgehead atoms. The monoisotopic (exact) mass is 481 g/mol. The third kappa shape index (κ3) is 4.57. The van der Waals surface area contributed by atoms with Crippen molar-refractivity contribution in [1.29, 1.82) is 0 Å². The minimum absolute atomic E-state index is 0.176. The largest absolute Gasteiger partial charge is 0.495 e. The second-order valence-corrected chi connectivity index (χ2v) is 8.27. The molecule has 0 radical (unpaired) electrons. The topological polar surface area (TPSA) is 67.0 Å². The fraction of sp³-hybridized carbons (Fsp3) is 0.240. The van der Waals surface area contributed by atoms with Crippen molar-refractivity contribution in [3.8, 4) is 11.4 Å². The molecule has 3 aromatic rings. The van der Waals surface area contributed by atoms with Crippen molar-refractivity contribution in [3.05, 3.63) is 89.3 Å². The Labute approximate surface area is 199 Å². The lowest BCUT2D eigenvalue weighted by Gasteiger charge is -2.33. The summed E-state index contributed by atoms with van der Waals surface area (Å²) in [5, 5.41) is 4.46. The van der Waals surface area contributed by atoms with Crippen LogP contribution < -0.4 is 4.74 Å². The molecule has 2 aromatic heterocycles. The SMILES string of the molecule is COc1cc(/C=C/c2nc3n(n2)CCOC32/C=C(F)/C=C(F)\C=C(\F)C2)ccc1-n1cnc(C)c1. The van der Waals surface area contributed by atoms with Gasteiger partial charge in [0.25, 0.3) is 0 Å². The molecule has 1 spiro atoms. The van der Waals surface area contributed by atoms with Crippen molar-refractivity contribution >= 4 is 12.2 Å². The van der Waals surface area contributed by atoms with E-state index in [9.17, 15) is 13.2 Å². The predicted octanol–water partition coefficient (Wildman–Crippen LogP) is 5.14. The molecule has 10 heteroatoms. The van der Waals surface area contributed by atoms with E-state index in [1.165, 1.54) is 0 Å². The van der Waals surface area contributed by atoms with Gasteiger partial charge in [0.2, 0.25) is 0 Å². The fourth-order valence-electron chi connectivity index (χ4n) is 4.19. The van der Waals surface area contributed by atoms with E-state index < -0.39 is 29.5 Å². The number of imidazole rings is 1. The van der Waals surface area contributed by atoms with E-state index >= 15 is 0 Å². The highest BCUT2D eigenvalue weighted by molar-refractivity contribution is 5.69. The van der Waals surface area contributed by atoms with Crippen LogP contribution >= 0.6 is 0 Å². The Balaban J connectivity index is 1.46. The molecule has 1 aliphatic carbocycles. The first-order valence-corrected chi connectivity index (χ1v) is 10.9. The van der Waals surface area contributed by atoms with Crippen molar-refractivity contribution < 1.29 is 22.6 Å². The van der Waals surface area contributed by atoms with Gasteiger partial charge in [-0.25, -0.2) is 27.8 Å². The molecule has 2 aliphatic rings. The van der Waals surface area contributed by atoms with Crippen LogP contribution in [0.2, 0.25) is 0 Å². The number of ether oxygens (including phenoxy) is 2. The number of nitrogens with zero attached hydrogens (tertiary/aromatic N) is 5. The molecule has 0 saturated heterocycles. The van der Waals surface area contributed by atoms with E-state index in [2.05, 4.69) is 15.1 Å². The lowest BCUT2D eigenvalue weighted by atomic mass is 9.93. The Morgan fingerprint density at radius 1 is 1.14 bits per heavy atom. The summed E-state index contributed by atoms with van der Waals surface area (Å²) in [4.78, 5) is 8.74. The van der Waals surface area contributed by atoms with Gasteiger partial charge in [-0.15, -0.1) is 0 Å². The minimum Gasteiger partial charge on any atom is -0.495 e. The summed E-state index contributed by atoms with van der Waals surface area (Å²) >= 11 is 0. The van der Waals surface area contributed by atoms with Gasteiger partial charge in [-0.3, -0.25) is 0 Å². The summed E-state index contributed by atoms with van der Waals surface area (Å²) in [7, 11) is 1.59. The average Bonchev–Trinajstić information content (AvgIpc) is 3.43. The molecule has 1 unspecified atom stereocenters. The molecule has 35 heavy (non-hydrogen) atoms. The van der Waals surface area contributed by atoms with E-state index in [1.54, 1.807) is 24.2 Å². The van der Waals surface area contributed by atoms with Crippen molar-refractivity contribution in [2.75, 3.05) is 13.7 Å². The van der Waals surface area contributed by atoms with Gasteiger partial charge in [0.05, 0.1) is 38.0 Å². The summed E-state index contributed by atoms with van der Waals surface area (Å²) in [6, 6.07) is 5.70. The van der Waals surface area contributed by atoms with E-state index in [4.69, 9.17) is 9.47 Å². The van der Waals surface area contributed by atoms with E-state index in [0.717, 1.165) is 23.0 Å². The van der Waals surface area contributed by atoms with Crippen LogP contribution in [0.5, 0.6) is 5.75 Å². The Kier molecular flexibility index (Phi) is 5.89. The molecular weight excluding hydrogens is 459 g/mol. The number of allylic oxidation sites excluding steroid dienone is 4. The van der Waals surface area contributed by atoms with E-state index in [1.807, 2.05) is 42.0 Å². The molecule has 7 nitrogen and oxygen atoms in total. The maximum atomic E-state index is 14.4. The molecule has 5 rings (SSSR count). The Morgan fingerprint density at radius 2 is 2.00 bits per heavy atom. The quantitative estimate of drug-likeness (QED) is 0.516. The molecule has 0 saturated carbocycles. The zero-order valence-corrected chi connectivity index (χ0v) is 19.1. The smallest absolute Gasteiger partial charge is 0.174 e. The molecule has 0 fully saturated rings. The summed E-state index contributed by atoms with van der Waals surface area (Å²) in [5.41, 5.74) is 1.06. The molecule has 0 amide bonds. The number of methoxy groups -OCH3 is 1. The van der Waals surface area contributed by atoms with Gasteiger partial charge in [-0.2, -0.15) is 5.10 Å². The minimum atomic E-state index is -1.52. The first-order chi connectivity index (χ1) is 16.8. The molecule has 0 N–H and O–H groups in total. The molecule has 1 atom stereocenters. The second kappa shape index (κ2) is 9.03. The number of aryl methyl sites for hydroxylation is 1. The highest BCUT2D eigenvalue weighted by Gasteiger charge is 2.41. The summed E-state index contributed by atoms with van der Waals surface area (Å²) in [5.74, 6) is -1.40. The predicted molar refractivity (Wildman–Crippen MR) is 124 cm³/mol. The number of hydrogen-bond acceptors (Lipinski definition) is 5. The maximum absolute atomic E-state index is 14.4. The number of benzene rings is 1. The fourth-order valence-corrected chi connectivity index (χ4v) is 4.19. The van der Waals surface area contributed by atoms with Gasteiger partial charge in [0, 0.05) is 24.8 Å². The summed E-state index contributed by atoms with van der Waals surface area (Å²) in [6.07, 6.45) is 9.05. The highest BCUT2D eigenvalue weighted by Crippen LogP contribution is 2.39. The third-order valence-corrected chi connectivity index (χ3v) is 5.72. The Hall–Kier alpha value is -3.92. The first kappa shape index (κ1) is 22.9. The maximum Gasteiger partial charge on any atom is 0.174 e. The van der Waals surface area contributed by atoms with Crippen LogP contribution in [0.1, 0.15) is 29.3 Å². The lowest BCUT2D eigenvalue weighted by Crippen LogP contribution is -2.38. The number of rotatable bonds is 4. The van der Waals surface area contributed by atoms with Gasteiger partial charge < -0.3 is 14.0 Å². The van der Waals surface area contributed by atoms with Crippen LogP contribution in [0, 0.1) is 6.92 Å². The zero-order valence-electron chi connectivity index (χ0n) is 19.1. The van der Waals surface area contributed by atoms with Crippen LogP contribution in [-0.4, -0.2) is 38.0 Å². The van der Waals surface area contributed by atoms with Crippen molar-refractivity contribution in [2.24, 2.45) is 0 Å². The normalized spacial score (nSPS) is 24.7. The molecule has 180 valence electrons. The number of halogens is 3. The lowest BCUT2D eigenvalue weighted by molar-refractivity contribution is -0.0516. The van der Waals surface area contributed by atoms with Crippen LogP contribution in [0.25, 0.3) is 17.8 Å². The third-order valence-electron chi connectivity index (χ3n) is 5.72. The van der Waals surface area contributed by atoms with Crippen molar-refractivity contribution in [1.82, 2.24) is 24.3 Å². The highest BCUT2D eigenvalue weighted by atomic mass is 19.1. The second-order valence-electron chi connectivity index (χ2n) is 8.27. The average molecular weight is 481 g/mol. The van der Waals surface area contributed by atoms with Gasteiger partial charge >= 0.3 is 0 Å². The standard InChI is InChI=1S/C25H22F3N5O2/c1-16-14-32(15-29-16)21-5-3-17(9-22(21)34-2)4-6-23-30-24-25(35-8-7-33(24)31-23)12-19(27)10-18(26)11-20(28)13-25/h3-6,9-12,14-15H,7-8,13H2,1-2H3/b6-4+,18-10+,19-12-,20-11+. The van der Waals surface area contributed by atoms with Crippen molar-refractivity contribution in [3.63, 3.8) is 0 Å². The van der Waals surface area contributed by atoms with Crippen molar-refractivity contribution in [2.45, 2.75) is 25.5 Å². The Morgan fingerprint density at radius 3 is 2.77 bits per heavy atom. The van der Waals surface area contributed by atoms with Gasteiger partial charge in [-0.1, -0.05) is 12.1 Å². The summed E-state index contributed by atoms with van der Waals surface area (Å²) < 4.78 is 57.1. The number of fused-ring (bicyclic) bond motifs is 2. The summed E-state index contributed by atoms with van der Waals surface area (Å²) in [6.45, 7) is 2.46.